The molecule has 2 N–H and O–H groups in total. The minimum absolute atomic E-state index is 0.0854. The number of rotatable bonds is 11. The van der Waals surface area contributed by atoms with Gasteiger partial charge in [-0.25, -0.2) is 0 Å². The summed E-state index contributed by atoms with van der Waals surface area (Å²) < 4.78 is 84.0. The molecule has 4 aromatic carbocycles. The standard InChI is InChI=1S/C38H37F3N2O6S/c1-37(2,3)30-13-9-26(10-14-30)33(19-24-5-7-27(8-6-24)36(44)42-17-18-50(45,46)47)34-23-35(49-43-34)29-20-28(21-31(22-29)38(39,40)41)25-11-15-32(48-4)16-12-25/h5-16,20-23,33H,17-19H2,1-4H3,(H,42,44)(H,45,46,47). The molecule has 0 aliphatic carbocycles. The number of nitrogens with one attached hydrogen (secondary N) is 1. The first-order chi connectivity index (χ1) is 23.5. The molecule has 262 valence electrons. The first-order valence-electron chi connectivity index (χ1n) is 15.8. The molecule has 0 saturated carbocycles. The molecule has 8 nitrogen and oxygen atoms in total. The van der Waals surface area contributed by atoms with E-state index in [1.807, 2.05) is 24.3 Å². The van der Waals surface area contributed by atoms with Crippen molar-refractivity contribution in [3.63, 3.8) is 0 Å². The Balaban J connectivity index is 1.48. The summed E-state index contributed by atoms with van der Waals surface area (Å²) in [7, 11) is -2.70. The Morgan fingerprint density at radius 3 is 2.08 bits per heavy atom. The molecule has 1 amide bonds. The topological polar surface area (TPSA) is 119 Å². The molecule has 0 fully saturated rings. The van der Waals surface area contributed by atoms with Gasteiger partial charge in [0.05, 0.1) is 24.1 Å². The van der Waals surface area contributed by atoms with E-state index in [1.54, 1.807) is 60.7 Å². The second kappa shape index (κ2) is 14.5. The fourth-order valence-electron chi connectivity index (χ4n) is 5.50. The van der Waals surface area contributed by atoms with Crippen molar-refractivity contribution in [3.05, 3.63) is 131 Å². The van der Waals surface area contributed by atoms with Gasteiger partial charge in [-0.1, -0.05) is 74.5 Å². The van der Waals surface area contributed by atoms with E-state index >= 15 is 0 Å². The highest BCUT2D eigenvalue weighted by molar-refractivity contribution is 7.85. The van der Waals surface area contributed by atoms with Crippen molar-refractivity contribution in [2.24, 2.45) is 0 Å². The van der Waals surface area contributed by atoms with Crippen LogP contribution in [-0.4, -0.2) is 43.4 Å². The molecule has 1 heterocycles. The van der Waals surface area contributed by atoms with Crippen molar-refractivity contribution in [1.82, 2.24) is 10.5 Å². The van der Waals surface area contributed by atoms with Crippen molar-refractivity contribution in [2.75, 3.05) is 19.4 Å². The van der Waals surface area contributed by atoms with Crippen molar-refractivity contribution < 1.29 is 40.2 Å². The average molecular weight is 707 g/mol. The van der Waals surface area contributed by atoms with Crippen LogP contribution in [0.3, 0.4) is 0 Å². The number of carbonyl (C=O) groups is 1. The van der Waals surface area contributed by atoms with Crippen LogP contribution in [-0.2, 0) is 28.1 Å². The highest BCUT2D eigenvalue weighted by Crippen LogP contribution is 2.38. The third-order valence-electron chi connectivity index (χ3n) is 8.33. The van der Waals surface area contributed by atoms with E-state index in [0.717, 1.165) is 28.8 Å². The summed E-state index contributed by atoms with van der Waals surface area (Å²) in [6.45, 7) is 6.09. The lowest BCUT2D eigenvalue weighted by atomic mass is 9.83. The number of methoxy groups -OCH3 is 1. The van der Waals surface area contributed by atoms with Crippen molar-refractivity contribution in [3.8, 4) is 28.2 Å². The van der Waals surface area contributed by atoms with Gasteiger partial charge in [0.15, 0.2) is 5.76 Å². The van der Waals surface area contributed by atoms with E-state index in [0.29, 0.717) is 34.6 Å². The Bertz CT molecular complexity index is 2050. The zero-order valence-electron chi connectivity index (χ0n) is 27.9. The van der Waals surface area contributed by atoms with Crippen LogP contribution in [0.15, 0.2) is 102 Å². The maximum atomic E-state index is 14.1. The van der Waals surface area contributed by atoms with Gasteiger partial charge in [-0.05, 0) is 82.1 Å². The largest absolute Gasteiger partial charge is 0.497 e. The Morgan fingerprint density at radius 2 is 1.50 bits per heavy atom. The van der Waals surface area contributed by atoms with Gasteiger partial charge >= 0.3 is 6.18 Å². The second-order valence-corrected chi connectivity index (χ2v) is 14.6. The molecule has 0 aliphatic heterocycles. The number of amides is 1. The number of hydrogen-bond acceptors (Lipinski definition) is 6. The molecule has 1 atom stereocenters. The molecule has 5 rings (SSSR count). The third-order valence-corrected chi connectivity index (χ3v) is 9.05. The minimum Gasteiger partial charge on any atom is -0.497 e. The molecule has 5 aromatic rings. The van der Waals surface area contributed by atoms with Crippen LogP contribution >= 0.6 is 0 Å². The first-order valence-corrected chi connectivity index (χ1v) is 17.4. The molecular weight excluding hydrogens is 669 g/mol. The van der Waals surface area contributed by atoms with Crippen LogP contribution in [0.25, 0.3) is 22.5 Å². The van der Waals surface area contributed by atoms with Gasteiger partial charge in [0, 0.05) is 29.7 Å². The van der Waals surface area contributed by atoms with E-state index < -0.39 is 33.5 Å². The molecule has 0 radical (unpaired) electrons. The lowest BCUT2D eigenvalue weighted by Gasteiger charge is -2.21. The summed E-state index contributed by atoms with van der Waals surface area (Å²) in [6, 6.07) is 27.0. The van der Waals surface area contributed by atoms with Gasteiger partial charge in [-0.2, -0.15) is 21.6 Å². The van der Waals surface area contributed by atoms with Gasteiger partial charge in [0.25, 0.3) is 16.0 Å². The molecule has 0 spiro atoms. The summed E-state index contributed by atoms with van der Waals surface area (Å²) in [5, 5.41) is 6.81. The van der Waals surface area contributed by atoms with Crippen molar-refractivity contribution in [1.29, 1.82) is 0 Å². The maximum absolute atomic E-state index is 14.1. The zero-order valence-corrected chi connectivity index (χ0v) is 28.7. The summed E-state index contributed by atoms with van der Waals surface area (Å²) in [5.74, 6) is -0.700. The van der Waals surface area contributed by atoms with Crippen LogP contribution in [0, 0.1) is 0 Å². The number of ether oxygens (including phenoxy) is 1. The van der Waals surface area contributed by atoms with Crippen molar-refractivity contribution >= 4 is 16.0 Å². The molecule has 1 aromatic heterocycles. The normalized spacial score (nSPS) is 12.8. The smallest absolute Gasteiger partial charge is 0.416 e. The SMILES string of the molecule is COc1ccc(-c2cc(-c3cc(C(Cc4ccc(C(=O)NCCS(=O)(=O)O)cc4)c4ccc(C(C)(C)C)cc4)no3)cc(C(F)(F)F)c2)cc1. The number of alkyl halides is 3. The molecular formula is C38H37F3N2O6S. The van der Waals surface area contributed by atoms with Crippen LogP contribution in [0.2, 0.25) is 0 Å². The maximum Gasteiger partial charge on any atom is 0.416 e. The number of benzene rings is 4. The second-order valence-electron chi connectivity index (χ2n) is 13.0. The van der Waals surface area contributed by atoms with Crippen LogP contribution < -0.4 is 10.1 Å². The van der Waals surface area contributed by atoms with Gasteiger partial charge in [-0.15, -0.1) is 0 Å². The monoisotopic (exact) mass is 706 g/mol. The first kappa shape index (κ1) is 36.3. The fourth-order valence-corrected chi connectivity index (χ4v) is 5.86. The molecule has 0 bridgehead atoms. The number of carbonyl (C=O) groups excluding carboxylic acids is 1. The van der Waals surface area contributed by atoms with Gasteiger partial charge in [-0.3, -0.25) is 9.35 Å². The quantitative estimate of drug-likeness (QED) is 0.133. The predicted molar refractivity (Wildman–Crippen MR) is 185 cm³/mol. The number of hydrogen-bond donors (Lipinski definition) is 2. The zero-order chi connectivity index (χ0) is 36.3. The third kappa shape index (κ3) is 9.19. The summed E-state index contributed by atoms with van der Waals surface area (Å²) in [5.41, 5.74) is 3.93. The molecule has 0 aliphatic rings. The Morgan fingerprint density at radius 1 is 0.860 bits per heavy atom. The summed E-state index contributed by atoms with van der Waals surface area (Å²) in [6.07, 6.45) is -4.18. The predicted octanol–water partition coefficient (Wildman–Crippen LogP) is 8.33. The lowest BCUT2D eigenvalue weighted by Crippen LogP contribution is -2.28. The number of nitrogens with zero attached hydrogens (tertiary/aromatic N) is 1. The molecule has 0 saturated heterocycles. The fraction of sp³-hybridized carbons (Fsp3) is 0.263. The van der Waals surface area contributed by atoms with E-state index in [2.05, 4.69) is 31.2 Å². The van der Waals surface area contributed by atoms with E-state index in [1.165, 1.54) is 7.11 Å². The van der Waals surface area contributed by atoms with Gasteiger partial charge < -0.3 is 14.6 Å². The van der Waals surface area contributed by atoms with E-state index in [4.69, 9.17) is 13.8 Å². The van der Waals surface area contributed by atoms with Crippen LogP contribution in [0.4, 0.5) is 13.2 Å². The van der Waals surface area contributed by atoms with Crippen LogP contribution in [0.1, 0.15) is 65.0 Å². The van der Waals surface area contributed by atoms with Gasteiger partial charge in [0.1, 0.15) is 5.75 Å². The van der Waals surface area contributed by atoms with E-state index in [9.17, 15) is 26.4 Å². The molecule has 12 heteroatoms. The van der Waals surface area contributed by atoms with E-state index in [-0.39, 0.29) is 29.2 Å². The molecule has 50 heavy (non-hydrogen) atoms. The lowest BCUT2D eigenvalue weighted by molar-refractivity contribution is -0.137. The molecule has 1 unspecified atom stereocenters. The Hall–Kier alpha value is -4.94. The van der Waals surface area contributed by atoms with Crippen molar-refractivity contribution in [2.45, 2.75) is 44.7 Å². The number of halogens is 3. The number of aromatic nitrogens is 1. The highest BCUT2D eigenvalue weighted by Gasteiger charge is 2.32. The average Bonchev–Trinajstić information content (AvgIpc) is 3.56. The summed E-state index contributed by atoms with van der Waals surface area (Å²) in [4.78, 5) is 12.5. The summed E-state index contributed by atoms with van der Waals surface area (Å²) >= 11 is 0. The van der Waals surface area contributed by atoms with Gasteiger partial charge in [0.2, 0.25) is 0 Å². The highest BCUT2D eigenvalue weighted by atomic mass is 32.2. The Kier molecular flexibility index (Phi) is 10.5. The minimum atomic E-state index is -4.60. The Labute approximate surface area is 289 Å². The van der Waals surface area contributed by atoms with Crippen LogP contribution in [0.5, 0.6) is 5.75 Å².